The number of hydrogen-bond donors (Lipinski definition) is 1. The fourth-order valence-electron chi connectivity index (χ4n) is 2.45. The fraction of sp³-hybridized carbons (Fsp3) is 0.533. The molecule has 0 aromatic heterocycles. The number of rotatable bonds is 5. The van der Waals surface area contributed by atoms with Crippen LogP contribution in [0.4, 0.5) is 0 Å². The van der Waals surface area contributed by atoms with Crippen LogP contribution in [0, 0.1) is 5.41 Å². The van der Waals surface area contributed by atoms with Crippen molar-refractivity contribution in [3.05, 3.63) is 28.8 Å². The number of halogens is 1. The van der Waals surface area contributed by atoms with Gasteiger partial charge in [0.15, 0.2) is 0 Å². The van der Waals surface area contributed by atoms with Gasteiger partial charge in [-0.2, -0.15) is 0 Å². The van der Waals surface area contributed by atoms with Gasteiger partial charge in [0.2, 0.25) is 0 Å². The van der Waals surface area contributed by atoms with Crippen molar-refractivity contribution in [1.29, 1.82) is 0 Å². The second kappa shape index (κ2) is 4.64. The van der Waals surface area contributed by atoms with Gasteiger partial charge in [0.05, 0.1) is 30.3 Å². The molecule has 1 heterocycles. The van der Waals surface area contributed by atoms with Crippen LogP contribution in [-0.2, 0) is 14.9 Å². The highest BCUT2D eigenvalue weighted by atomic mass is 35.5. The minimum absolute atomic E-state index is 0.0563. The molecule has 108 valence electrons. The molecule has 0 atom stereocenters. The maximum absolute atomic E-state index is 11.3. The van der Waals surface area contributed by atoms with Crippen LogP contribution >= 0.6 is 11.6 Å². The topological polar surface area (TPSA) is 55.8 Å². The van der Waals surface area contributed by atoms with E-state index in [1.165, 1.54) is 0 Å². The molecule has 1 aliphatic carbocycles. The monoisotopic (exact) mass is 296 g/mol. The Bertz CT molecular complexity index is 547. The van der Waals surface area contributed by atoms with E-state index in [4.69, 9.17) is 21.1 Å². The highest BCUT2D eigenvalue weighted by Crippen LogP contribution is 2.49. The first-order chi connectivity index (χ1) is 9.45. The summed E-state index contributed by atoms with van der Waals surface area (Å²) < 4.78 is 10.9. The Morgan fingerprint density at radius 3 is 2.60 bits per heavy atom. The van der Waals surface area contributed by atoms with Gasteiger partial charge in [-0.3, -0.25) is 4.79 Å². The molecular weight excluding hydrogens is 280 g/mol. The molecule has 1 N–H and O–H groups in total. The molecule has 5 heteroatoms. The average molecular weight is 297 g/mol. The van der Waals surface area contributed by atoms with E-state index in [0.717, 1.165) is 5.56 Å². The summed E-state index contributed by atoms with van der Waals surface area (Å²) in [5, 5.41) is 9.75. The number of carboxylic acid groups (broad SMARTS) is 1. The summed E-state index contributed by atoms with van der Waals surface area (Å²) in [5.74, 6) is -0.175. The van der Waals surface area contributed by atoms with Crippen molar-refractivity contribution in [2.75, 3.05) is 19.8 Å². The number of aliphatic carboxylic acids is 1. The first-order valence-corrected chi connectivity index (χ1v) is 7.07. The quantitative estimate of drug-likeness (QED) is 0.908. The third-order valence-corrected chi connectivity index (χ3v) is 4.42. The van der Waals surface area contributed by atoms with Crippen molar-refractivity contribution in [1.82, 2.24) is 0 Å². The molecule has 0 spiro atoms. The lowest BCUT2D eigenvalue weighted by Crippen LogP contribution is -2.44. The van der Waals surface area contributed by atoms with Gasteiger partial charge < -0.3 is 14.6 Å². The number of carboxylic acids is 1. The Balaban J connectivity index is 1.73. The standard InChI is InChI=1S/C15H17ClO4/c1-14(7-19-8-14)9-20-12-3-2-10(6-11(12)16)15(4-5-15)13(17)18/h2-3,6H,4-5,7-9H2,1H3,(H,17,18). The molecule has 4 nitrogen and oxygen atoms in total. The van der Waals surface area contributed by atoms with Gasteiger partial charge in [0.1, 0.15) is 5.75 Å². The molecule has 1 aromatic rings. The zero-order valence-corrected chi connectivity index (χ0v) is 12.1. The van der Waals surface area contributed by atoms with Crippen LogP contribution in [0.1, 0.15) is 25.3 Å². The van der Waals surface area contributed by atoms with E-state index in [9.17, 15) is 9.90 Å². The molecular formula is C15H17ClO4. The van der Waals surface area contributed by atoms with Gasteiger partial charge in [0.25, 0.3) is 0 Å². The van der Waals surface area contributed by atoms with E-state index in [1.54, 1.807) is 12.1 Å². The Morgan fingerprint density at radius 1 is 1.45 bits per heavy atom. The molecule has 0 radical (unpaired) electrons. The van der Waals surface area contributed by atoms with Gasteiger partial charge in [-0.15, -0.1) is 0 Å². The maximum Gasteiger partial charge on any atom is 0.314 e. The van der Waals surface area contributed by atoms with Crippen molar-refractivity contribution in [3.8, 4) is 5.75 Å². The summed E-state index contributed by atoms with van der Waals surface area (Å²) in [6, 6.07) is 5.29. The Kier molecular flexibility index (Phi) is 3.18. The van der Waals surface area contributed by atoms with Crippen LogP contribution in [-0.4, -0.2) is 30.9 Å². The lowest BCUT2D eigenvalue weighted by molar-refractivity contribution is -0.140. The average Bonchev–Trinajstić information content (AvgIpc) is 3.16. The van der Waals surface area contributed by atoms with Crippen LogP contribution in [0.2, 0.25) is 5.02 Å². The molecule has 0 unspecified atom stereocenters. The van der Waals surface area contributed by atoms with Crippen LogP contribution < -0.4 is 4.74 Å². The molecule has 1 saturated heterocycles. The van der Waals surface area contributed by atoms with E-state index < -0.39 is 11.4 Å². The zero-order chi connectivity index (χ0) is 14.4. The summed E-state index contributed by atoms with van der Waals surface area (Å²) in [4.78, 5) is 11.3. The first-order valence-electron chi connectivity index (χ1n) is 6.69. The molecule has 1 saturated carbocycles. The third-order valence-electron chi connectivity index (χ3n) is 4.12. The highest BCUT2D eigenvalue weighted by molar-refractivity contribution is 6.32. The zero-order valence-electron chi connectivity index (χ0n) is 11.3. The molecule has 3 rings (SSSR count). The van der Waals surface area contributed by atoms with Crippen LogP contribution in [0.25, 0.3) is 0 Å². The minimum atomic E-state index is -0.777. The number of carbonyl (C=O) groups is 1. The summed E-state index contributed by atoms with van der Waals surface area (Å²) >= 11 is 6.21. The molecule has 2 fully saturated rings. The number of hydrogen-bond acceptors (Lipinski definition) is 3. The second-order valence-electron chi connectivity index (χ2n) is 6.12. The SMILES string of the molecule is CC1(COc2ccc(C3(C(=O)O)CC3)cc2Cl)COC1. The molecule has 1 aliphatic heterocycles. The van der Waals surface area contributed by atoms with Gasteiger partial charge in [-0.25, -0.2) is 0 Å². The van der Waals surface area contributed by atoms with E-state index in [0.29, 0.717) is 43.4 Å². The lowest BCUT2D eigenvalue weighted by Gasteiger charge is -2.37. The molecule has 1 aromatic carbocycles. The smallest absolute Gasteiger partial charge is 0.314 e. The van der Waals surface area contributed by atoms with Crippen LogP contribution in [0.15, 0.2) is 18.2 Å². The molecule has 0 amide bonds. The van der Waals surface area contributed by atoms with Gasteiger partial charge >= 0.3 is 5.97 Å². The van der Waals surface area contributed by atoms with E-state index in [-0.39, 0.29) is 5.41 Å². The summed E-state index contributed by atoms with van der Waals surface area (Å²) in [7, 11) is 0. The summed E-state index contributed by atoms with van der Waals surface area (Å²) in [5.41, 5.74) is 0.0945. The Labute approximate surface area is 122 Å². The van der Waals surface area contributed by atoms with Crippen molar-refractivity contribution >= 4 is 17.6 Å². The molecule has 20 heavy (non-hydrogen) atoms. The van der Waals surface area contributed by atoms with Crippen LogP contribution in [0.5, 0.6) is 5.75 Å². The normalized spacial score (nSPS) is 21.9. The van der Waals surface area contributed by atoms with Crippen molar-refractivity contribution < 1.29 is 19.4 Å². The lowest BCUT2D eigenvalue weighted by atomic mass is 9.90. The van der Waals surface area contributed by atoms with Crippen LogP contribution in [0.3, 0.4) is 0 Å². The largest absolute Gasteiger partial charge is 0.491 e. The first kappa shape index (κ1) is 13.7. The highest BCUT2D eigenvalue weighted by Gasteiger charge is 2.51. The molecule has 0 bridgehead atoms. The van der Waals surface area contributed by atoms with E-state index >= 15 is 0 Å². The van der Waals surface area contributed by atoms with Gasteiger partial charge in [-0.1, -0.05) is 24.6 Å². The summed E-state index contributed by atoms with van der Waals surface area (Å²) in [6.07, 6.45) is 1.35. The van der Waals surface area contributed by atoms with Gasteiger partial charge in [0, 0.05) is 5.41 Å². The Morgan fingerprint density at radius 2 is 2.15 bits per heavy atom. The van der Waals surface area contributed by atoms with Gasteiger partial charge in [-0.05, 0) is 30.5 Å². The Hall–Kier alpha value is -1.26. The predicted molar refractivity (Wildman–Crippen MR) is 74.4 cm³/mol. The predicted octanol–water partition coefficient (Wildman–Crippen LogP) is 2.87. The van der Waals surface area contributed by atoms with E-state index in [2.05, 4.69) is 6.92 Å². The maximum atomic E-state index is 11.3. The summed E-state index contributed by atoms with van der Waals surface area (Å²) in [6.45, 7) is 4.05. The number of benzene rings is 1. The fourth-order valence-corrected chi connectivity index (χ4v) is 2.69. The second-order valence-corrected chi connectivity index (χ2v) is 6.53. The van der Waals surface area contributed by atoms with Crippen molar-refractivity contribution in [2.24, 2.45) is 5.41 Å². The molecule has 2 aliphatic rings. The number of ether oxygens (including phenoxy) is 2. The third kappa shape index (κ3) is 2.27. The van der Waals surface area contributed by atoms with Crippen molar-refractivity contribution in [2.45, 2.75) is 25.2 Å². The van der Waals surface area contributed by atoms with E-state index in [1.807, 2.05) is 6.07 Å². The minimum Gasteiger partial charge on any atom is -0.491 e. The van der Waals surface area contributed by atoms with Crippen molar-refractivity contribution in [3.63, 3.8) is 0 Å².